The minimum absolute atomic E-state index is 0.306. The van der Waals surface area contributed by atoms with Crippen LogP contribution >= 0.6 is 0 Å². The predicted molar refractivity (Wildman–Crippen MR) is 75.8 cm³/mol. The zero-order valence-corrected chi connectivity index (χ0v) is 13.9. The van der Waals surface area contributed by atoms with Gasteiger partial charge in [-0.05, 0) is 34.1 Å². The molecule has 5 nitrogen and oxygen atoms in total. The van der Waals surface area contributed by atoms with Crippen LogP contribution < -0.4 is 0 Å². The summed E-state index contributed by atoms with van der Waals surface area (Å²) in [5.74, 6) is -0.376. The van der Waals surface area contributed by atoms with Gasteiger partial charge < -0.3 is 18.0 Å². The highest BCUT2D eigenvalue weighted by Crippen LogP contribution is 2.23. The standard InChI is InChI=1S/C13H26O5Si/c1-11(2)12(14)17-9-8-10-19(15-6,16-7)18-13(3,4)5/h1,8-10H2,2-7H3. The number of ether oxygens (including phenoxy) is 1. The van der Waals surface area contributed by atoms with Crippen LogP contribution in [-0.4, -0.2) is 41.2 Å². The number of hydrogen-bond donors (Lipinski definition) is 0. The lowest BCUT2D eigenvalue weighted by Crippen LogP contribution is -2.49. The van der Waals surface area contributed by atoms with E-state index in [2.05, 4.69) is 6.58 Å². The van der Waals surface area contributed by atoms with Crippen molar-refractivity contribution in [1.29, 1.82) is 0 Å². The van der Waals surface area contributed by atoms with Gasteiger partial charge in [0.1, 0.15) is 0 Å². The number of carbonyl (C=O) groups excluding carboxylic acids is 1. The maximum atomic E-state index is 11.2. The Morgan fingerprint density at radius 1 is 1.21 bits per heavy atom. The van der Waals surface area contributed by atoms with Gasteiger partial charge in [-0.2, -0.15) is 0 Å². The van der Waals surface area contributed by atoms with Crippen LogP contribution in [0.25, 0.3) is 0 Å². The van der Waals surface area contributed by atoms with E-state index in [4.69, 9.17) is 18.0 Å². The lowest BCUT2D eigenvalue weighted by molar-refractivity contribution is -0.139. The predicted octanol–water partition coefficient (Wildman–Crippen LogP) is 2.54. The average Bonchev–Trinajstić information content (AvgIpc) is 2.31. The second-order valence-corrected chi connectivity index (χ2v) is 8.21. The van der Waals surface area contributed by atoms with Gasteiger partial charge in [0.25, 0.3) is 0 Å². The summed E-state index contributed by atoms with van der Waals surface area (Å²) < 4.78 is 21.9. The lowest BCUT2D eigenvalue weighted by Gasteiger charge is -2.33. The molecule has 0 aromatic rings. The van der Waals surface area contributed by atoms with E-state index < -0.39 is 8.80 Å². The van der Waals surface area contributed by atoms with Crippen LogP contribution in [0.1, 0.15) is 34.1 Å². The Labute approximate surface area is 117 Å². The van der Waals surface area contributed by atoms with E-state index in [0.717, 1.165) is 0 Å². The summed E-state index contributed by atoms with van der Waals surface area (Å²) in [5.41, 5.74) is 0.0556. The summed E-state index contributed by atoms with van der Waals surface area (Å²) in [6, 6.07) is 0.598. The van der Waals surface area contributed by atoms with Gasteiger partial charge in [0, 0.05) is 25.8 Å². The van der Waals surface area contributed by atoms with Crippen LogP contribution in [0.2, 0.25) is 6.04 Å². The molecule has 112 valence electrons. The van der Waals surface area contributed by atoms with Crippen molar-refractivity contribution in [3.05, 3.63) is 12.2 Å². The van der Waals surface area contributed by atoms with Gasteiger partial charge >= 0.3 is 14.8 Å². The second kappa shape index (κ2) is 7.79. The van der Waals surface area contributed by atoms with Gasteiger partial charge in [-0.3, -0.25) is 0 Å². The third kappa shape index (κ3) is 7.46. The molecular formula is C13H26O5Si. The largest absolute Gasteiger partial charge is 0.500 e. The van der Waals surface area contributed by atoms with Crippen LogP contribution in [0.4, 0.5) is 0 Å². The Morgan fingerprint density at radius 3 is 2.11 bits per heavy atom. The lowest BCUT2D eigenvalue weighted by atomic mass is 10.2. The van der Waals surface area contributed by atoms with Gasteiger partial charge in [-0.1, -0.05) is 6.58 Å². The third-order valence-corrected chi connectivity index (χ3v) is 5.43. The fraction of sp³-hybridized carbons (Fsp3) is 0.769. The second-order valence-electron chi connectivity index (χ2n) is 5.33. The molecule has 0 saturated carbocycles. The van der Waals surface area contributed by atoms with Crippen LogP contribution in [0.5, 0.6) is 0 Å². The average molecular weight is 290 g/mol. The zero-order valence-electron chi connectivity index (χ0n) is 12.9. The number of esters is 1. The summed E-state index contributed by atoms with van der Waals surface area (Å²) in [7, 11) is 0.478. The zero-order chi connectivity index (χ0) is 15.1. The molecule has 0 rings (SSSR count). The molecule has 0 aliphatic carbocycles. The van der Waals surface area contributed by atoms with Crippen molar-refractivity contribution in [3.8, 4) is 0 Å². The van der Waals surface area contributed by atoms with Gasteiger partial charge in [0.15, 0.2) is 0 Å². The first-order valence-corrected chi connectivity index (χ1v) is 8.22. The summed E-state index contributed by atoms with van der Waals surface area (Å²) in [6.07, 6.45) is 0.628. The molecule has 0 spiro atoms. The van der Waals surface area contributed by atoms with Crippen LogP contribution in [0, 0.1) is 0 Å². The summed E-state index contributed by atoms with van der Waals surface area (Å²) in [6.45, 7) is 11.3. The molecule has 0 N–H and O–H groups in total. The van der Waals surface area contributed by atoms with Crippen molar-refractivity contribution in [2.45, 2.75) is 45.8 Å². The molecule has 0 atom stereocenters. The molecule has 0 aliphatic heterocycles. The third-order valence-electron chi connectivity index (χ3n) is 2.29. The highest BCUT2D eigenvalue weighted by atomic mass is 28.4. The van der Waals surface area contributed by atoms with Gasteiger partial charge in [0.2, 0.25) is 0 Å². The first-order chi connectivity index (χ1) is 8.66. The van der Waals surface area contributed by atoms with Gasteiger partial charge in [-0.15, -0.1) is 0 Å². The Bertz CT molecular complexity index is 305. The Balaban J connectivity index is 4.29. The van der Waals surface area contributed by atoms with E-state index in [-0.39, 0.29) is 11.6 Å². The Hall–Kier alpha value is -0.693. The Morgan fingerprint density at radius 2 is 1.74 bits per heavy atom. The summed E-state index contributed by atoms with van der Waals surface area (Å²) in [4.78, 5) is 11.2. The SMILES string of the molecule is C=C(C)C(=O)OCCC[Si](OC)(OC)OC(C)(C)C. The molecule has 0 aromatic heterocycles. The molecule has 6 heteroatoms. The van der Waals surface area contributed by atoms with Crippen molar-refractivity contribution in [1.82, 2.24) is 0 Å². The van der Waals surface area contributed by atoms with Crippen molar-refractivity contribution in [2.24, 2.45) is 0 Å². The van der Waals surface area contributed by atoms with Crippen molar-refractivity contribution >= 4 is 14.8 Å². The quantitative estimate of drug-likeness (QED) is 0.297. The van der Waals surface area contributed by atoms with Gasteiger partial charge in [0.05, 0.1) is 12.2 Å². The number of rotatable bonds is 8. The van der Waals surface area contributed by atoms with Crippen molar-refractivity contribution < 1.29 is 22.8 Å². The van der Waals surface area contributed by atoms with E-state index in [1.807, 2.05) is 20.8 Å². The fourth-order valence-electron chi connectivity index (χ4n) is 1.47. The summed E-state index contributed by atoms with van der Waals surface area (Å²) in [5, 5.41) is 0. The first-order valence-electron chi connectivity index (χ1n) is 6.29. The van der Waals surface area contributed by atoms with Crippen LogP contribution in [0.3, 0.4) is 0 Å². The maximum Gasteiger partial charge on any atom is 0.500 e. The van der Waals surface area contributed by atoms with E-state index in [1.54, 1.807) is 21.1 Å². The van der Waals surface area contributed by atoms with Crippen molar-refractivity contribution in [2.75, 3.05) is 20.8 Å². The topological polar surface area (TPSA) is 54.0 Å². The number of hydrogen-bond acceptors (Lipinski definition) is 5. The molecule has 0 unspecified atom stereocenters. The smallest absolute Gasteiger partial charge is 0.462 e. The molecule has 0 bridgehead atoms. The minimum Gasteiger partial charge on any atom is -0.462 e. The molecule has 0 radical (unpaired) electrons. The maximum absolute atomic E-state index is 11.2. The van der Waals surface area contributed by atoms with E-state index in [9.17, 15) is 4.79 Å². The molecular weight excluding hydrogens is 264 g/mol. The minimum atomic E-state index is -2.69. The molecule has 0 amide bonds. The first kappa shape index (κ1) is 18.3. The van der Waals surface area contributed by atoms with Crippen molar-refractivity contribution in [3.63, 3.8) is 0 Å². The fourth-order valence-corrected chi connectivity index (χ4v) is 3.82. The molecule has 0 fully saturated rings. The van der Waals surface area contributed by atoms with Gasteiger partial charge in [-0.25, -0.2) is 4.79 Å². The van der Waals surface area contributed by atoms with Crippen LogP contribution in [0.15, 0.2) is 12.2 Å². The highest BCUT2D eigenvalue weighted by molar-refractivity contribution is 6.60. The van der Waals surface area contributed by atoms with E-state index in [0.29, 0.717) is 24.6 Å². The monoisotopic (exact) mass is 290 g/mol. The summed E-state index contributed by atoms with van der Waals surface area (Å²) >= 11 is 0. The molecule has 0 heterocycles. The van der Waals surface area contributed by atoms with Crippen LogP contribution in [-0.2, 0) is 22.8 Å². The number of carbonyl (C=O) groups is 1. The molecule has 0 aliphatic rings. The molecule has 0 saturated heterocycles. The van der Waals surface area contributed by atoms with E-state index in [1.165, 1.54) is 0 Å². The normalized spacial score (nSPS) is 12.3. The molecule has 0 aromatic carbocycles. The molecule has 19 heavy (non-hydrogen) atoms. The van der Waals surface area contributed by atoms with E-state index >= 15 is 0 Å². The highest BCUT2D eigenvalue weighted by Gasteiger charge is 2.42. The Kier molecular flexibility index (Phi) is 7.51.